The molecule has 0 heterocycles. The van der Waals surface area contributed by atoms with Gasteiger partial charge in [-0.25, -0.2) is 4.79 Å². The second-order valence-electron chi connectivity index (χ2n) is 3.30. The topological polar surface area (TPSA) is 75.6 Å². The van der Waals surface area contributed by atoms with E-state index in [2.05, 4.69) is 5.32 Å². The van der Waals surface area contributed by atoms with Crippen LogP contribution in [0.3, 0.4) is 0 Å². The molecule has 0 aliphatic rings. The minimum Gasteiger partial charge on any atom is -0.478 e. The van der Waals surface area contributed by atoms with Gasteiger partial charge >= 0.3 is 11.9 Å². The van der Waals surface area contributed by atoms with Crippen LogP contribution in [0, 0.1) is 0 Å². The molecule has 2 N–H and O–H groups in total. The van der Waals surface area contributed by atoms with E-state index < -0.39 is 5.97 Å². The Labute approximate surface area is 95.5 Å². The Bertz CT molecular complexity index is 261. The molecule has 0 aromatic rings. The number of hydrogen-bond donors (Lipinski definition) is 2. The number of ether oxygens (including phenoxy) is 1. The van der Waals surface area contributed by atoms with Crippen molar-refractivity contribution in [1.82, 2.24) is 5.32 Å². The first-order chi connectivity index (χ1) is 7.57. The van der Waals surface area contributed by atoms with Crippen molar-refractivity contribution < 1.29 is 19.4 Å². The van der Waals surface area contributed by atoms with E-state index in [1.54, 1.807) is 19.9 Å². The third-order valence-electron chi connectivity index (χ3n) is 1.93. The van der Waals surface area contributed by atoms with Crippen LogP contribution in [-0.4, -0.2) is 36.7 Å². The third-order valence-corrected chi connectivity index (χ3v) is 1.93. The average molecular weight is 229 g/mol. The molecule has 0 amide bonds. The van der Waals surface area contributed by atoms with E-state index >= 15 is 0 Å². The lowest BCUT2D eigenvalue weighted by molar-refractivity contribution is -0.143. The van der Waals surface area contributed by atoms with E-state index in [-0.39, 0.29) is 5.97 Å². The zero-order chi connectivity index (χ0) is 12.4. The molecule has 0 fully saturated rings. The quantitative estimate of drug-likeness (QED) is 0.368. The van der Waals surface area contributed by atoms with E-state index in [9.17, 15) is 9.59 Å². The number of carboxylic acid groups (broad SMARTS) is 1. The molecule has 0 saturated carbocycles. The van der Waals surface area contributed by atoms with Crippen LogP contribution in [-0.2, 0) is 14.3 Å². The number of nitrogens with one attached hydrogen (secondary N) is 1. The molecule has 0 aromatic carbocycles. The Kier molecular flexibility index (Phi) is 8.15. The fourth-order valence-electron chi connectivity index (χ4n) is 1.01. The molecule has 0 aliphatic carbocycles. The number of esters is 1. The van der Waals surface area contributed by atoms with Crippen LogP contribution in [0.4, 0.5) is 0 Å². The lowest BCUT2D eigenvalue weighted by Gasteiger charge is -2.02. The number of aliphatic carboxylic acids is 1. The molecule has 5 nitrogen and oxygen atoms in total. The maximum atomic E-state index is 10.9. The van der Waals surface area contributed by atoms with Gasteiger partial charge in [-0.2, -0.15) is 0 Å². The number of carbonyl (C=O) groups excluding carboxylic acids is 1. The second-order valence-corrected chi connectivity index (χ2v) is 3.30. The minimum absolute atomic E-state index is 0.193. The van der Waals surface area contributed by atoms with Gasteiger partial charge in [0.2, 0.25) is 0 Å². The van der Waals surface area contributed by atoms with Crippen molar-refractivity contribution in [3.63, 3.8) is 0 Å². The summed E-state index contributed by atoms with van der Waals surface area (Å²) in [7, 11) is 0. The average Bonchev–Trinajstić information content (AvgIpc) is 2.23. The summed E-state index contributed by atoms with van der Waals surface area (Å²) in [6, 6.07) is 0. The molecule has 0 atom stereocenters. The highest BCUT2D eigenvalue weighted by molar-refractivity contribution is 5.85. The van der Waals surface area contributed by atoms with E-state index in [1.165, 1.54) is 0 Å². The molecule has 0 aliphatic heterocycles. The molecule has 5 heteroatoms. The predicted molar refractivity (Wildman–Crippen MR) is 60.1 cm³/mol. The summed E-state index contributed by atoms with van der Waals surface area (Å²) in [4.78, 5) is 21.4. The fourth-order valence-corrected chi connectivity index (χ4v) is 1.01. The van der Waals surface area contributed by atoms with E-state index in [0.717, 1.165) is 0 Å². The van der Waals surface area contributed by atoms with Gasteiger partial charge in [0.25, 0.3) is 0 Å². The van der Waals surface area contributed by atoms with Gasteiger partial charge in [0.15, 0.2) is 0 Å². The van der Waals surface area contributed by atoms with Gasteiger partial charge in [0.1, 0.15) is 0 Å². The van der Waals surface area contributed by atoms with Gasteiger partial charge in [-0.3, -0.25) is 4.79 Å². The number of rotatable bonds is 8. The van der Waals surface area contributed by atoms with Crippen LogP contribution in [0.5, 0.6) is 0 Å². The molecule has 92 valence electrons. The maximum Gasteiger partial charge on any atom is 0.330 e. The van der Waals surface area contributed by atoms with E-state index in [0.29, 0.717) is 38.1 Å². The highest BCUT2D eigenvalue weighted by Gasteiger charge is 2.00. The van der Waals surface area contributed by atoms with Gasteiger partial charge in [-0.15, -0.1) is 0 Å². The van der Waals surface area contributed by atoms with Crippen LogP contribution in [0.1, 0.15) is 26.7 Å². The summed E-state index contributed by atoms with van der Waals surface area (Å²) in [5.74, 6) is -1.10. The minimum atomic E-state index is -0.909. The van der Waals surface area contributed by atoms with Crippen molar-refractivity contribution >= 4 is 11.9 Å². The zero-order valence-electron chi connectivity index (χ0n) is 9.78. The SMILES string of the molecule is CCOC(=O)CCCNC/C=C(/C)C(=O)O. The Morgan fingerprint density at radius 2 is 2.12 bits per heavy atom. The Morgan fingerprint density at radius 3 is 2.69 bits per heavy atom. The van der Waals surface area contributed by atoms with Gasteiger partial charge in [0, 0.05) is 18.5 Å². The molecule has 0 spiro atoms. The summed E-state index contributed by atoms with van der Waals surface area (Å²) in [6.07, 6.45) is 2.69. The van der Waals surface area contributed by atoms with Crippen LogP contribution in [0.25, 0.3) is 0 Å². The lowest BCUT2D eigenvalue weighted by atomic mass is 10.3. The van der Waals surface area contributed by atoms with Crippen molar-refractivity contribution in [2.24, 2.45) is 0 Å². The maximum absolute atomic E-state index is 10.9. The molecular weight excluding hydrogens is 210 g/mol. The van der Waals surface area contributed by atoms with Gasteiger partial charge in [-0.05, 0) is 26.8 Å². The predicted octanol–water partition coefficient (Wildman–Crippen LogP) is 0.950. The second kappa shape index (κ2) is 8.91. The molecule has 0 aromatic heterocycles. The number of carboxylic acids is 1. The highest BCUT2D eigenvalue weighted by Crippen LogP contribution is 1.92. The van der Waals surface area contributed by atoms with Crippen molar-refractivity contribution in [2.45, 2.75) is 26.7 Å². The Morgan fingerprint density at radius 1 is 1.44 bits per heavy atom. The molecule has 0 saturated heterocycles. The van der Waals surface area contributed by atoms with E-state index in [1.807, 2.05) is 0 Å². The monoisotopic (exact) mass is 229 g/mol. The first-order valence-electron chi connectivity index (χ1n) is 5.34. The van der Waals surface area contributed by atoms with Crippen molar-refractivity contribution in [2.75, 3.05) is 19.7 Å². The van der Waals surface area contributed by atoms with Crippen molar-refractivity contribution in [3.05, 3.63) is 11.6 Å². The summed E-state index contributed by atoms with van der Waals surface area (Å²) in [5.41, 5.74) is 0.317. The molecule has 0 rings (SSSR count). The van der Waals surface area contributed by atoms with Crippen LogP contribution >= 0.6 is 0 Å². The Balaban J connectivity index is 3.44. The van der Waals surface area contributed by atoms with Gasteiger partial charge in [-0.1, -0.05) is 6.08 Å². The number of hydrogen-bond acceptors (Lipinski definition) is 4. The first-order valence-corrected chi connectivity index (χ1v) is 5.34. The van der Waals surface area contributed by atoms with Crippen LogP contribution in [0.15, 0.2) is 11.6 Å². The van der Waals surface area contributed by atoms with Crippen LogP contribution in [0.2, 0.25) is 0 Å². The lowest BCUT2D eigenvalue weighted by Crippen LogP contribution is -2.17. The normalized spacial score (nSPS) is 11.2. The molecule has 0 radical (unpaired) electrons. The summed E-state index contributed by atoms with van der Waals surface area (Å²) in [6.45, 7) is 4.90. The van der Waals surface area contributed by atoms with E-state index in [4.69, 9.17) is 9.84 Å². The smallest absolute Gasteiger partial charge is 0.330 e. The zero-order valence-corrected chi connectivity index (χ0v) is 9.78. The Hall–Kier alpha value is -1.36. The number of carbonyl (C=O) groups is 2. The fraction of sp³-hybridized carbons (Fsp3) is 0.636. The molecule has 16 heavy (non-hydrogen) atoms. The standard InChI is InChI=1S/C11H19NO4/c1-3-16-10(13)5-4-7-12-8-6-9(2)11(14)15/h6,12H,3-5,7-8H2,1-2H3,(H,14,15)/b9-6-. The summed E-state index contributed by atoms with van der Waals surface area (Å²) >= 11 is 0. The molecular formula is C11H19NO4. The van der Waals surface area contributed by atoms with Gasteiger partial charge in [0.05, 0.1) is 6.61 Å². The molecule has 0 unspecified atom stereocenters. The van der Waals surface area contributed by atoms with Crippen molar-refractivity contribution in [3.8, 4) is 0 Å². The first kappa shape index (κ1) is 14.6. The summed E-state index contributed by atoms with van der Waals surface area (Å²) in [5, 5.41) is 11.6. The van der Waals surface area contributed by atoms with Crippen LogP contribution < -0.4 is 5.32 Å². The van der Waals surface area contributed by atoms with Gasteiger partial charge < -0.3 is 15.2 Å². The summed E-state index contributed by atoms with van der Waals surface area (Å²) < 4.78 is 4.76. The molecule has 0 bridgehead atoms. The third kappa shape index (κ3) is 7.99. The highest BCUT2D eigenvalue weighted by atomic mass is 16.5. The van der Waals surface area contributed by atoms with Crippen molar-refractivity contribution in [1.29, 1.82) is 0 Å². The largest absolute Gasteiger partial charge is 0.478 e.